The van der Waals surface area contributed by atoms with E-state index in [1.165, 1.54) is 4.31 Å². The summed E-state index contributed by atoms with van der Waals surface area (Å²) in [6.07, 6.45) is 7.46. The molecule has 0 aliphatic heterocycles. The lowest BCUT2D eigenvalue weighted by Crippen LogP contribution is -2.34. The number of anilines is 1. The molecule has 5 heteroatoms. The molecular formula is C15H20N2O2S. The quantitative estimate of drug-likeness (QED) is 0.666. The lowest BCUT2D eigenvalue weighted by molar-refractivity contribution is 0.430. The van der Waals surface area contributed by atoms with Gasteiger partial charge in [-0.3, -0.25) is 0 Å². The van der Waals surface area contributed by atoms with E-state index in [2.05, 4.69) is 5.92 Å². The van der Waals surface area contributed by atoms with E-state index >= 15 is 0 Å². The van der Waals surface area contributed by atoms with E-state index in [0.717, 1.165) is 18.4 Å². The number of hydrogen-bond donors (Lipinski definition) is 1. The van der Waals surface area contributed by atoms with Gasteiger partial charge in [0.15, 0.2) is 0 Å². The molecule has 2 N–H and O–H groups in total. The molecule has 0 unspecified atom stereocenters. The van der Waals surface area contributed by atoms with Crippen LogP contribution in [0.5, 0.6) is 0 Å². The van der Waals surface area contributed by atoms with Gasteiger partial charge in [-0.1, -0.05) is 18.1 Å². The standard InChI is InChI=1S/C15H20N2O2S/c1-4-9-17(10-13-7-8-13)20(18,19)15-12(3)6-5-11(2)14(15)16/h1,5-6,13H,7-10,16H2,2-3H3. The summed E-state index contributed by atoms with van der Waals surface area (Å²) >= 11 is 0. The van der Waals surface area contributed by atoms with Crippen LogP contribution in [0, 0.1) is 32.1 Å². The Morgan fingerprint density at radius 1 is 1.35 bits per heavy atom. The van der Waals surface area contributed by atoms with E-state index in [-0.39, 0.29) is 11.4 Å². The lowest BCUT2D eigenvalue weighted by atomic mass is 10.1. The zero-order valence-corrected chi connectivity index (χ0v) is 12.7. The first-order valence-corrected chi connectivity index (χ1v) is 8.11. The molecular weight excluding hydrogens is 272 g/mol. The summed E-state index contributed by atoms with van der Waals surface area (Å²) in [7, 11) is -3.64. The van der Waals surface area contributed by atoms with Gasteiger partial charge in [0.1, 0.15) is 4.90 Å². The molecule has 1 aromatic carbocycles. The minimum absolute atomic E-state index is 0.0889. The molecule has 1 aromatic rings. The largest absolute Gasteiger partial charge is 0.397 e. The number of benzene rings is 1. The van der Waals surface area contributed by atoms with Gasteiger partial charge in [-0.05, 0) is 43.7 Å². The van der Waals surface area contributed by atoms with E-state index in [9.17, 15) is 8.42 Å². The van der Waals surface area contributed by atoms with Crippen molar-refractivity contribution in [2.75, 3.05) is 18.8 Å². The summed E-state index contributed by atoms with van der Waals surface area (Å²) in [4.78, 5) is 0.202. The molecule has 0 aromatic heterocycles. The first-order valence-electron chi connectivity index (χ1n) is 6.67. The predicted octanol–water partition coefficient (Wildman–Crippen LogP) is 1.92. The molecule has 0 heterocycles. The number of sulfonamides is 1. The van der Waals surface area contributed by atoms with Crippen LogP contribution in [0.25, 0.3) is 0 Å². The van der Waals surface area contributed by atoms with Crippen LogP contribution < -0.4 is 5.73 Å². The normalized spacial score (nSPS) is 15.3. The van der Waals surface area contributed by atoms with E-state index in [1.807, 2.05) is 6.07 Å². The fourth-order valence-corrected chi connectivity index (χ4v) is 4.04. The first-order chi connectivity index (χ1) is 9.37. The fourth-order valence-electron chi connectivity index (χ4n) is 2.22. The minimum atomic E-state index is -3.64. The van der Waals surface area contributed by atoms with Crippen LogP contribution in [0.15, 0.2) is 17.0 Å². The van der Waals surface area contributed by atoms with Crippen molar-refractivity contribution in [3.63, 3.8) is 0 Å². The van der Waals surface area contributed by atoms with E-state index in [1.54, 1.807) is 19.9 Å². The Morgan fingerprint density at radius 3 is 2.50 bits per heavy atom. The van der Waals surface area contributed by atoms with E-state index < -0.39 is 10.0 Å². The van der Waals surface area contributed by atoms with Crippen LogP contribution >= 0.6 is 0 Å². The van der Waals surface area contributed by atoms with Crippen LogP contribution in [0.2, 0.25) is 0 Å². The third-order valence-electron chi connectivity index (χ3n) is 3.64. The lowest BCUT2D eigenvalue weighted by Gasteiger charge is -2.22. The van der Waals surface area contributed by atoms with Crippen LogP contribution in [-0.4, -0.2) is 25.8 Å². The van der Waals surface area contributed by atoms with Gasteiger partial charge < -0.3 is 5.73 Å². The van der Waals surface area contributed by atoms with Crippen LogP contribution in [0.3, 0.4) is 0 Å². The molecule has 1 aliphatic rings. The van der Waals surface area contributed by atoms with Crippen molar-refractivity contribution in [3.05, 3.63) is 23.3 Å². The Morgan fingerprint density at radius 2 is 1.95 bits per heavy atom. The highest BCUT2D eigenvalue weighted by molar-refractivity contribution is 7.89. The van der Waals surface area contributed by atoms with Gasteiger partial charge in [0.05, 0.1) is 12.2 Å². The van der Waals surface area contributed by atoms with E-state index in [0.29, 0.717) is 23.7 Å². The Bertz CT molecular complexity index is 655. The molecule has 1 saturated carbocycles. The highest BCUT2D eigenvalue weighted by atomic mass is 32.2. The van der Waals surface area contributed by atoms with Crippen molar-refractivity contribution in [2.45, 2.75) is 31.6 Å². The second-order valence-corrected chi connectivity index (χ2v) is 7.26. The molecule has 1 aliphatic carbocycles. The van der Waals surface area contributed by atoms with Crippen molar-refractivity contribution in [1.82, 2.24) is 4.31 Å². The molecule has 108 valence electrons. The van der Waals surface area contributed by atoms with Crippen molar-refractivity contribution >= 4 is 15.7 Å². The Hall–Kier alpha value is -1.51. The molecule has 2 rings (SSSR count). The summed E-state index contributed by atoms with van der Waals surface area (Å²) in [5.74, 6) is 2.87. The number of terminal acetylenes is 1. The summed E-state index contributed by atoms with van der Waals surface area (Å²) in [6.45, 7) is 4.14. The highest BCUT2D eigenvalue weighted by Gasteiger charge is 2.33. The van der Waals surface area contributed by atoms with Crippen molar-refractivity contribution in [2.24, 2.45) is 5.92 Å². The number of rotatable bonds is 5. The molecule has 0 atom stereocenters. The molecule has 4 nitrogen and oxygen atoms in total. The topological polar surface area (TPSA) is 63.4 Å². The maximum atomic E-state index is 12.8. The second-order valence-electron chi connectivity index (χ2n) is 5.39. The third kappa shape index (κ3) is 2.82. The van der Waals surface area contributed by atoms with E-state index in [4.69, 9.17) is 12.2 Å². The predicted molar refractivity (Wildman–Crippen MR) is 80.6 cm³/mol. The average Bonchev–Trinajstić information content (AvgIpc) is 3.17. The van der Waals surface area contributed by atoms with Crippen LogP contribution in [0.4, 0.5) is 5.69 Å². The van der Waals surface area contributed by atoms with Gasteiger partial charge in [-0.25, -0.2) is 8.42 Å². The summed E-state index contributed by atoms with van der Waals surface area (Å²) < 4.78 is 27.0. The number of aryl methyl sites for hydroxylation is 2. The summed E-state index contributed by atoms with van der Waals surface area (Å²) in [6, 6.07) is 3.61. The van der Waals surface area contributed by atoms with Crippen molar-refractivity contribution < 1.29 is 8.42 Å². The van der Waals surface area contributed by atoms with Crippen molar-refractivity contribution in [3.8, 4) is 12.3 Å². The Labute approximate surface area is 121 Å². The maximum absolute atomic E-state index is 12.8. The number of nitrogen functional groups attached to an aromatic ring is 1. The van der Waals surface area contributed by atoms with Crippen molar-refractivity contribution in [1.29, 1.82) is 0 Å². The summed E-state index contributed by atoms with van der Waals surface area (Å²) in [5, 5.41) is 0. The maximum Gasteiger partial charge on any atom is 0.246 e. The molecule has 1 fully saturated rings. The third-order valence-corrected chi connectivity index (χ3v) is 5.65. The molecule has 0 radical (unpaired) electrons. The Kier molecular flexibility index (Phi) is 4.07. The zero-order valence-electron chi connectivity index (χ0n) is 11.9. The first kappa shape index (κ1) is 14.9. The smallest absolute Gasteiger partial charge is 0.246 e. The SMILES string of the molecule is C#CCN(CC1CC1)S(=O)(=O)c1c(C)ccc(C)c1N. The fraction of sp³-hybridized carbons (Fsp3) is 0.467. The van der Waals surface area contributed by atoms with Crippen LogP contribution in [-0.2, 0) is 10.0 Å². The number of nitrogens with two attached hydrogens (primary N) is 1. The molecule has 0 amide bonds. The van der Waals surface area contributed by atoms with Gasteiger partial charge in [0, 0.05) is 6.54 Å². The molecule has 20 heavy (non-hydrogen) atoms. The Balaban J connectivity index is 2.47. The van der Waals surface area contributed by atoms with Gasteiger partial charge in [-0.2, -0.15) is 4.31 Å². The van der Waals surface area contributed by atoms with Gasteiger partial charge in [0.2, 0.25) is 10.0 Å². The minimum Gasteiger partial charge on any atom is -0.397 e. The van der Waals surface area contributed by atoms with Gasteiger partial charge in [0.25, 0.3) is 0 Å². The second kappa shape index (κ2) is 5.47. The average molecular weight is 292 g/mol. The molecule has 0 saturated heterocycles. The monoisotopic (exact) mass is 292 g/mol. The van der Waals surface area contributed by atoms with Gasteiger partial charge in [-0.15, -0.1) is 6.42 Å². The van der Waals surface area contributed by atoms with Crippen LogP contribution in [0.1, 0.15) is 24.0 Å². The summed E-state index contributed by atoms with van der Waals surface area (Å²) in [5.41, 5.74) is 7.74. The highest BCUT2D eigenvalue weighted by Crippen LogP contribution is 2.34. The molecule has 0 spiro atoms. The van der Waals surface area contributed by atoms with Gasteiger partial charge >= 0.3 is 0 Å². The zero-order chi connectivity index (χ0) is 14.9. The molecule has 0 bridgehead atoms. The number of nitrogens with zero attached hydrogens (tertiary/aromatic N) is 1. The number of hydrogen-bond acceptors (Lipinski definition) is 3.